The quantitative estimate of drug-likeness (QED) is 0.805. The molecule has 0 saturated heterocycles. The van der Waals surface area contributed by atoms with Crippen molar-refractivity contribution in [2.45, 2.75) is 6.10 Å². The molecule has 100 valence electrons. The van der Waals surface area contributed by atoms with Crippen molar-refractivity contribution in [2.75, 3.05) is 14.1 Å². The Labute approximate surface area is 112 Å². The molecule has 3 N–H and O–H groups in total. The molecule has 2 atom stereocenters. The minimum atomic E-state index is -1.00. The number of pyridine rings is 1. The fourth-order valence-corrected chi connectivity index (χ4v) is 2.11. The number of aromatic nitrogens is 1. The summed E-state index contributed by atoms with van der Waals surface area (Å²) in [5.74, 6) is -0.872. The first-order chi connectivity index (χ1) is 9.02. The average molecular weight is 259 g/mol. The van der Waals surface area contributed by atoms with E-state index in [1.807, 2.05) is 6.07 Å². The molecule has 19 heavy (non-hydrogen) atoms. The molecule has 1 aliphatic rings. The van der Waals surface area contributed by atoms with Crippen LogP contribution in [0.3, 0.4) is 0 Å². The molecule has 1 aliphatic carbocycles. The number of nitrogens with two attached hydrogens (primary N) is 1. The topological polar surface area (TPSA) is 79.5 Å². The van der Waals surface area contributed by atoms with E-state index in [2.05, 4.69) is 4.98 Å². The van der Waals surface area contributed by atoms with Gasteiger partial charge in [0, 0.05) is 32.2 Å². The van der Waals surface area contributed by atoms with E-state index in [4.69, 9.17) is 5.73 Å². The molecular formula is C14H17N3O2. The molecule has 2 rings (SSSR count). The number of hydrogen-bond acceptors (Lipinski definition) is 4. The highest BCUT2D eigenvalue weighted by molar-refractivity contribution is 5.93. The lowest BCUT2D eigenvalue weighted by atomic mass is 9.83. The Bertz CT molecular complexity index is 535. The van der Waals surface area contributed by atoms with E-state index in [0.29, 0.717) is 5.70 Å². The molecule has 0 bridgehead atoms. The van der Waals surface area contributed by atoms with Crippen LogP contribution in [0.4, 0.5) is 0 Å². The van der Waals surface area contributed by atoms with Gasteiger partial charge in [0.15, 0.2) is 0 Å². The molecule has 0 fully saturated rings. The molecule has 1 aromatic heterocycles. The van der Waals surface area contributed by atoms with Gasteiger partial charge >= 0.3 is 0 Å². The largest absolute Gasteiger partial charge is 0.400 e. The summed E-state index contributed by atoms with van der Waals surface area (Å²) in [6, 6.07) is 3.65. The lowest BCUT2D eigenvalue weighted by Crippen LogP contribution is -2.41. The monoisotopic (exact) mass is 259 g/mol. The van der Waals surface area contributed by atoms with E-state index < -0.39 is 12.0 Å². The molecule has 1 unspecified atom stereocenters. The smallest absolute Gasteiger partial charge is 0.232 e. The summed E-state index contributed by atoms with van der Waals surface area (Å²) in [5.41, 5.74) is 7.57. The highest BCUT2D eigenvalue weighted by atomic mass is 16.3. The molecule has 5 heteroatoms. The van der Waals surface area contributed by atoms with Gasteiger partial charge in [-0.2, -0.15) is 0 Å². The van der Waals surface area contributed by atoms with Gasteiger partial charge in [-0.05, 0) is 23.3 Å². The van der Waals surface area contributed by atoms with Crippen molar-refractivity contribution in [2.24, 2.45) is 11.7 Å². The number of hydrogen-bond donors (Lipinski definition) is 2. The van der Waals surface area contributed by atoms with Crippen molar-refractivity contribution in [3.05, 3.63) is 47.9 Å². The molecule has 0 radical (unpaired) electrons. The van der Waals surface area contributed by atoms with Crippen molar-refractivity contribution in [1.82, 2.24) is 9.88 Å². The minimum Gasteiger partial charge on any atom is -0.400 e. The number of carbonyl (C=O) groups excluding carboxylic acids is 1. The zero-order chi connectivity index (χ0) is 14.0. The Morgan fingerprint density at radius 2 is 2.16 bits per heavy atom. The van der Waals surface area contributed by atoms with Crippen molar-refractivity contribution in [3.63, 3.8) is 0 Å². The Morgan fingerprint density at radius 1 is 1.42 bits per heavy atom. The van der Waals surface area contributed by atoms with E-state index in [9.17, 15) is 9.90 Å². The SMILES string of the molecule is CN(C)C(=O)[C@H]1C(c2cccnc2)=CC=C(N)C1O. The third-order valence-electron chi connectivity index (χ3n) is 3.15. The summed E-state index contributed by atoms with van der Waals surface area (Å²) in [6.07, 6.45) is 5.73. The average Bonchev–Trinajstić information content (AvgIpc) is 2.41. The van der Waals surface area contributed by atoms with Gasteiger partial charge in [0.2, 0.25) is 5.91 Å². The molecule has 1 aromatic rings. The highest BCUT2D eigenvalue weighted by Crippen LogP contribution is 2.32. The number of allylic oxidation sites excluding steroid dienone is 2. The Morgan fingerprint density at radius 3 is 2.74 bits per heavy atom. The molecule has 5 nitrogen and oxygen atoms in total. The maximum absolute atomic E-state index is 12.3. The van der Waals surface area contributed by atoms with Crippen molar-refractivity contribution in [3.8, 4) is 0 Å². The van der Waals surface area contributed by atoms with Crippen molar-refractivity contribution >= 4 is 11.5 Å². The summed E-state index contributed by atoms with van der Waals surface area (Å²) < 4.78 is 0. The van der Waals surface area contributed by atoms with Crippen LogP contribution in [0, 0.1) is 5.92 Å². The molecule has 0 saturated carbocycles. The summed E-state index contributed by atoms with van der Waals surface area (Å²) in [5, 5.41) is 10.2. The first kappa shape index (κ1) is 13.3. The van der Waals surface area contributed by atoms with Crippen LogP contribution in [0.5, 0.6) is 0 Å². The number of nitrogens with zero attached hydrogens (tertiary/aromatic N) is 2. The van der Waals surface area contributed by atoms with Crippen LogP contribution in [-0.2, 0) is 4.79 Å². The van der Waals surface area contributed by atoms with E-state index in [1.54, 1.807) is 44.7 Å². The van der Waals surface area contributed by atoms with Gasteiger partial charge in [-0.15, -0.1) is 0 Å². The maximum Gasteiger partial charge on any atom is 0.232 e. The van der Waals surface area contributed by atoms with Crippen LogP contribution < -0.4 is 5.73 Å². The normalized spacial score (nSPS) is 22.5. The third-order valence-corrected chi connectivity index (χ3v) is 3.15. The number of aliphatic hydroxyl groups excluding tert-OH is 1. The van der Waals surface area contributed by atoms with Gasteiger partial charge in [-0.3, -0.25) is 9.78 Å². The van der Waals surface area contributed by atoms with E-state index in [0.717, 1.165) is 11.1 Å². The Kier molecular flexibility index (Phi) is 3.66. The molecule has 0 aromatic carbocycles. The Balaban J connectivity index is 2.46. The van der Waals surface area contributed by atoms with E-state index in [1.165, 1.54) is 4.90 Å². The van der Waals surface area contributed by atoms with Crippen LogP contribution in [0.25, 0.3) is 5.57 Å². The van der Waals surface area contributed by atoms with Crippen molar-refractivity contribution < 1.29 is 9.90 Å². The van der Waals surface area contributed by atoms with Gasteiger partial charge in [0.1, 0.15) is 6.10 Å². The highest BCUT2D eigenvalue weighted by Gasteiger charge is 2.35. The van der Waals surface area contributed by atoms with Crippen LogP contribution in [0.2, 0.25) is 0 Å². The fourth-order valence-electron chi connectivity index (χ4n) is 2.11. The van der Waals surface area contributed by atoms with Gasteiger partial charge in [0.25, 0.3) is 0 Å². The lowest BCUT2D eigenvalue weighted by molar-refractivity contribution is -0.133. The van der Waals surface area contributed by atoms with E-state index in [-0.39, 0.29) is 5.91 Å². The molecule has 0 aliphatic heterocycles. The van der Waals surface area contributed by atoms with Crippen LogP contribution in [0.1, 0.15) is 5.56 Å². The van der Waals surface area contributed by atoms with Crippen molar-refractivity contribution in [1.29, 1.82) is 0 Å². The van der Waals surface area contributed by atoms with Gasteiger partial charge in [-0.25, -0.2) is 0 Å². The second-order valence-corrected chi connectivity index (χ2v) is 4.69. The lowest BCUT2D eigenvalue weighted by Gasteiger charge is -2.30. The minimum absolute atomic E-state index is 0.182. The first-order valence-corrected chi connectivity index (χ1v) is 5.99. The molecule has 0 spiro atoms. The standard InChI is InChI=1S/C14H17N3O2/c1-17(2)14(19)12-10(5-6-11(15)13(12)18)9-4-3-7-16-8-9/h3-8,12-13,18H,15H2,1-2H3/t12-,13?/m0/s1. The summed E-state index contributed by atoms with van der Waals surface area (Å²) in [4.78, 5) is 17.8. The zero-order valence-electron chi connectivity index (χ0n) is 10.9. The third kappa shape index (κ3) is 2.51. The van der Waals surface area contributed by atoms with Crippen LogP contribution >= 0.6 is 0 Å². The number of amides is 1. The molecule has 1 heterocycles. The summed E-state index contributed by atoms with van der Waals surface area (Å²) in [6.45, 7) is 0. The van der Waals surface area contributed by atoms with Crippen LogP contribution in [-0.4, -0.2) is 41.1 Å². The van der Waals surface area contributed by atoms with Gasteiger partial charge in [0.05, 0.1) is 5.92 Å². The maximum atomic E-state index is 12.3. The molecular weight excluding hydrogens is 242 g/mol. The van der Waals surface area contributed by atoms with E-state index >= 15 is 0 Å². The second-order valence-electron chi connectivity index (χ2n) is 4.69. The summed E-state index contributed by atoms with van der Waals surface area (Å²) >= 11 is 0. The zero-order valence-corrected chi connectivity index (χ0v) is 10.9. The van der Waals surface area contributed by atoms with Crippen LogP contribution in [0.15, 0.2) is 42.4 Å². The number of aliphatic hydroxyl groups is 1. The summed E-state index contributed by atoms with van der Waals surface area (Å²) in [7, 11) is 3.31. The predicted octanol–water partition coefficient (Wildman–Crippen LogP) is 0.387. The van der Waals surface area contributed by atoms with Gasteiger partial charge < -0.3 is 15.7 Å². The second kappa shape index (κ2) is 5.24. The van der Waals surface area contributed by atoms with Gasteiger partial charge in [-0.1, -0.05) is 12.1 Å². The fraction of sp³-hybridized carbons (Fsp3) is 0.286. The molecule has 1 amide bonds. The predicted molar refractivity (Wildman–Crippen MR) is 72.7 cm³/mol. The first-order valence-electron chi connectivity index (χ1n) is 5.99. The number of rotatable bonds is 2. The Hall–Kier alpha value is -2.14. The number of carbonyl (C=O) groups is 1.